The van der Waals surface area contributed by atoms with Crippen molar-refractivity contribution in [1.82, 2.24) is 0 Å². The van der Waals surface area contributed by atoms with Crippen molar-refractivity contribution >= 4 is 21.0 Å². The van der Waals surface area contributed by atoms with E-state index in [1.807, 2.05) is 0 Å². The summed E-state index contributed by atoms with van der Waals surface area (Å²) >= 11 is 0. The van der Waals surface area contributed by atoms with Crippen molar-refractivity contribution in [1.29, 1.82) is 0 Å². The molecule has 194 valence electrons. The molecule has 0 saturated carbocycles. The normalized spacial score (nSPS) is 11.8. The highest BCUT2D eigenvalue weighted by atomic mass is 32.2. The molecule has 3 nitrogen and oxygen atoms in total. The smallest absolute Gasteiger partial charge is 0.416 e. The van der Waals surface area contributed by atoms with Crippen molar-refractivity contribution in [2.45, 2.75) is 46.0 Å². The van der Waals surface area contributed by atoms with E-state index in [1.165, 1.54) is 20.2 Å². The van der Waals surface area contributed by atoms with Gasteiger partial charge in [-0.1, -0.05) is 68.4 Å². The minimum atomic E-state index is -4.84. The van der Waals surface area contributed by atoms with Crippen LogP contribution in [0.2, 0.25) is 0 Å². The quantitative estimate of drug-likeness (QED) is 0.186. The molecule has 0 atom stereocenters. The van der Waals surface area contributed by atoms with E-state index in [0.717, 1.165) is 18.6 Å². The molecule has 0 N–H and O–H groups in total. The first-order chi connectivity index (χ1) is 17.4. The van der Waals surface area contributed by atoms with Crippen LogP contribution in [-0.2, 0) is 33.6 Å². The third kappa shape index (κ3) is 8.49. The molecule has 0 aliphatic rings. The van der Waals surface area contributed by atoms with Gasteiger partial charge in [-0.2, -0.15) is 13.2 Å². The fourth-order valence-electron chi connectivity index (χ4n) is 3.58. The molecule has 4 rings (SSSR count). The van der Waals surface area contributed by atoms with Crippen molar-refractivity contribution in [3.8, 4) is 0 Å². The molecule has 0 heterocycles. The van der Waals surface area contributed by atoms with Gasteiger partial charge in [-0.05, 0) is 72.5 Å². The zero-order chi connectivity index (χ0) is 27.1. The molecular weight excluding hydrogens is 517 g/mol. The number of hydrogen-bond acceptors (Lipinski definition) is 3. The predicted octanol–water partition coefficient (Wildman–Crippen LogP) is 7.59. The van der Waals surface area contributed by atoms with Gasteiger partial charge in [0.1, 0.15) is 10.1 Å². The van der Waals surface area contributed by atoms with Crippen LogP contribution >= 0.6 is 0 Å². The summed E-state index contributed by atoms with van der Waals surface area (Å²) in [6, 6.07) is 33.5. The maximum absolute atomic E-state index is 12.1. The summed E-state index contributed by atoms with van der Waals surface area (Å²) < 4.78 is 67.3. The van der Waals surface area contributed by atoms with E-state index < -0.39 is 26.8 Å². The second-order valence-corrected chi connectivity index (χ2v) is 12.1. The fraction of sp³-hybridized carbons (Fsp3) is 0.172. The third-order valence-electron chi connectivity index (χ3n) is 5.21. The predicted molar refractivity (Wildman–Crippen MR) is 139 cm³/mol. The monoisotopic (exact) mass is 544 g/mol. The highest BCUT2D eigenvalue weighted by Crippen LogP contribution is 2.32. The van der Waals surface area contributed by atoms with Gasteiger partial charge in [0.2, 0.25) is 0 Å². The lowest BCUT2D eigenvalue weighted by Gasteiger charge is -2.10. The van der Waals surface area contributed by atoms with Gasteiger partial charge in [0.25, 0.3) is 0 Å². The summed E-state index contributed by atoms with van der Waals surface area (Å²) in [6.07, 6.45) is -3.51. The summed E-state index contributed by atoms with van der Waals surface area (Å²) in [4.78, 5) is 3.24. The molecule has 0 fully saturated rings. The molecule has 4 aromatic carbocycles. The molecule has 0 saturated heterocycles. The molecule has 4 aromatic rings. The van der Waals surface area contributed by atoms with Gasteiger partial charge in [-0.15, -0.1) is 0 Å². The molecule has 0 radical (unpaired) electrons. The minimum absolute atomic E-state index is 0.0356. The van der Waals surface area contributed by atoms with E-state index in [1.54, 1.807) is 0 Å². The highest BCUT2D eigenvalue weighted by molar-refractivity contribution is 7.97. The maximum atomic E-state index is 12.1. The number of alkyl halides is 3. The van der Waals surface area contributed by atoms with E-state index in [9.17, 15) is 26.1 Å². The van der Waals surface area contributed by atoms with Gasteiger partial charge in [0, 0.05) is 0 Å². The Morgan fingerprint density at radius 1 is 0.730 bits per heavy atom. The van der Waals surface area contributed by atoms with Crippen LogP contribution < -0.4 is 0 Å². The van der Waals surface area contributed by atoms with Gasteiger partial charge >= 0.3 is 6.18 Å². The largest absolute Gasteiger partial charge is 0.744 e. The first-order valence-corrected chi connectivity index (χ1v) is 14.1. The SMILES string of the molecule is CC(C)Cc1ccc([S+](c2ccccc2)c2ccccc2)cc1.O=S(=O)([O-])c1cccc(C(F)(F)F)c1. The summed E-state index contributed by atoms with van der Waals surface area (Å²) in [5.74, 6) is 0.697. The second kappa shape index (κ2) is 12.4. The Balaban J connectivity index is 0.000000233. The summed E-state index contributed by atoms with van der Waals surface area (Å²) in [5, 5.41) is 0. The molecule has 0 aliphatic heterocycles. The van der Waals surface area contributed by atoms with Crippen molar-refractivity contribution in [3.63, 3.8) is 0 Å². The molecule has 0 aromatic heterocycles. The van der Waals surface area contributed by atoms with Crippen molar-refractivity contribution in [3.05, 3.63) is 120 Å². The van der Waals surface area contributed by atoms with Crippen molar-refractivity contribution < 1.29 is 26.1 Å². The molecule has 0 spiro atoms. The molecule has 0 amide bonds. The van der Waals surface area contributed by atoms with E-state index in [2.05, 4.69) is 98.8 Å². The van der Waals surface area contributed by atoms with Crippen LogP contribution in [0.25, 0.3) is 0 Å². The van der Waals surface area contributed by atoms with Gasteiger partial charge in [-0.3, -0.25) is 0 Å². The molecule has 0 aliphatic carbocycles. The Morgan fingerprint density at radius 2 is 1.22 bits per heavy atom. The maximum Gasteiger partial charge on any atom is 0.416 e. The Bertz CT molecular complexity index is 1330. The van der Waals surface area contributed by atoms with Gasteiger partial charge < -0.3 is 4.55 Å². The van der Waals surface area contributed by atoms with Crippen molar-refractivity contribution in [2.24, 2.45) is 5.92 Å². The van der Waals surface area contributed by atoms with Crippen molar-refractivity contribution in [2.75, 3.05) is 0 Å². The van der Waals surface area contributed by atoms with Crippen LogP contribution in [0.1, 0.15) is 25.0 Å². The second-order valence-electron chi connectivity index (χ2n) is 8.65. The van der Waals surface area contributed by atoms with Crippen LogP contribution in [-0.4, -0.2) is 13.0 Å². The van der Waals surface area contributed by atoms with Crippen LogP contribution in [0.5, 0.6) is 0 Å². The number of benzene rings is 4. The van der Waals surface area contributed by atoms with Gasteiger partial charge in [-0.25, -0.2) is 8.42 Å². The minimum Gasteiger partial charge on any atom is -0.744 e. The topological polar surface area (TPSA) is 57.2 Å². The Kier molecular flexibility index (Phi) is 9.59. The van der Waals surface area contributed by atoms with Crippen LogP contribution in [0.3, 0.4) is 0 Å². The number of rotatable bonds is 6. The molecule has 0 unspecified atom stereocenters. The zero-order valence-electron chi connectivity index (χ0n) is 20.4. The first kappa shape index (κ1) is 28.5. The first-order valence-electron chi connectivity index (χ1n) is 11.5. The van der Waals surface area contributed by atoms with Crippen LogP contribution in [0.4, 0.5) is 13.2 Å². The zero-order valence-corrected chi connectivity index (χ0v) is 22.0. The lowest BCUT2D eigenvalue weighted by atomic mass is 10.0. The van der Waals surface area contributed by atoms with Crippen LogP contribution in [0.15, 0.2) is 129 Å². The lowest BCUT2D eigenvalue weighted by molar-refractivity contribution is -0.137. The Morgan fingerprint density at radius 3 is 1.65 bits per heavy atom. The number of halogens is 3. The van der Waals surface area contributed by atoms with E-state index in [-0.39, 0.29) is 10.9 Å². The summed E-state index contributed by atoms with van der Waals surface area (Å²) in [7, 11) is -4.87. The van der Waals surface area contributed by atoms with Gasteiger partial charge in [0.15, 0.2) is 14.7 Å². The Hall–Kier alpha value is -3.07. The average molecular weight is 545 g/mol. The molecule has 0 bridgehead atoms. The number of hydrogen-bond donors (Lipinski definition) is 0. The van der Waals surface area contributed by atoms with Gasteiger partial charge in [0.05, 0.1) is 21.4 Å². The van der Waals surface area contributed by atoms with E-state index in [4.69, 9.17) is 0 Å². The van der Waals surface area contributed by atoms with E-state index >= 15 is 0 Å². The lowest BCUT2D eigenvalue weighted by Crippen LogP contribution is -2.07. The molecular formula is C29H27F3O3S2. The molecule has 8 heteroatoms. The average Bonchev–Trinajstić information content (AvgIpc) is 2.86. The standard InChI is InChI=1S/C22H23S.C7H5F3O3S/c1-18(2)17-19-13-15-22(16-14-19)23(20-9-5-3-6-10-20)21-11-7-4-8-12-21;8-7(9,10)5-2-1-3-6(4-5)14(11,12)13/h3-16,18H,17H2,1-2H3;1-4H,(H,11,12,13)/q+1;/p-1. The summed E-state index contributed by atoms with van der Waals surface area (Å²) in [5.41, 5.74) is 0.267. The van der Waals surface area contributed by atoms with E-state index in [0.29, 0.717) is 18.1 Å². The summed E-state index contributed by atoms with van der Waals surface area (Å²) in [6.45, 7) is 4.54. The fourth-order valence-corrected chi connectivity index (χ4v) is 6.18. The molecule has 37 heavy (non-hydrogen) atoms. The third-order valence-corrected chi connectivity index (χ3v) is 8.27. The Labute approximate surface area is 219 Å². The highest BCUT2D eigenvalue weighted by Gasteiger charge is 2.31. The van der Waals surface area contributed by atoms with Crippen LogP contribution in [0, 0.1) is 5.92 Å².